The van der Waals surface area contributed by atoms with Gasteiger partial charge in [0.05, 0.1) is 18.2 Å². The van der Waals surface area contributed by atoms with Crippen LogP contribution in [0.4, 0.5) is 5.95 Å². The lowest BCUT2D eigenvalue weighted by molar-refractivity contribution is 0.512. The van der Waals surface area contributed by atoms with Crippen molar-refractivity contribution in [1.82, 2.24) is 18.7 Å². The van der Waals surface area contributed by atoms with Gasteiger partial charge in [-0.1, -0.05) is 30.3 Å². The van der Waals surface area contributed by atoms with Crippen LogP contribution in [-0.2, 0) is 20.1 Å². The number of benzene rings is 2. The molecule has 2 heterocycles. The average Bonchev–Trinajstić information content (AvgIpc) is 3.19. The lowest BCUT2D eigenvalue weighted by atomic mass is 10.00. The number of hydrogen-bond acceptors (Lipinski definition) is 6. The summed E-state index contributed by atoms with van der Waals surface area (Å²) < 4.78 is 4.48. The highest BCUT2D eigenvalue weighted by Crippen LogP contribution is 2.24. The third-order valence-corrected chi connectivity index (χ3v) is 5.98. The fraction of sp³-hybridized carbons (Fsp3) is 0.360. The van der Waals surface area contributed by atoms with E-state index in [9.17, 15) is 14.9 Å². The Hall–Kier alpha value is -3.90. The number of nitrogens with zero attached hydrogens (tertiary/aromatic N) is 6. The second-order valence-electron chi connectivity index (χ2n) is 9.34. The topological polar surface area (TPSA) is 115 Å². The van der Waals surface area contributed by atoms with Crippen LogP contribution in [0.15, 0.2) is 46.0 Å². The maximum absolute atomic E-state index is 13.7. The SMILES string of the molecule is CCn1c(N(C)CC(C)(C)N)nc2c1c(=O)n(Cc1ccc(C#N)c3ccccc13)c(=O)n2C. The van der Waals surface area contributed by atoms with Crippen LogP contribution in [-0.4, -0.2) is 37.8 Å². The minimum Gasteiger partial charge on any atom is -0.343 e. The van der Waals surface area contributed by atoms with Crippen molar-refractivity contribution in [2.24, 2.45) is 12.8 Å². The Labute approximate surface area is 197 Å². The molecule has 2 aromatic carbocycles. The predicted octanol–water partition coefficient (Wildman–Crippen LogP) is 2.16. The quantitative estimate of drug-likeness (QED) is 0.473. The van der Waals surface area contributed by atoms with Crippen molar-refractivity contribution in [3.8, 4) is 6.07 Å². The zero-order chi connectivity index (χ0) is 24.8. The summed E-state index contributed by atoms with van der Waals surface area (Å²) in [7, 11) is 3.50. The van der Waals surface area contributed by atoms with Gasteiger partial charge in [0.1, 0.15) is 0 Å². The van der Waals surface area contributed by atoms with E-state index >= 15 is 0 Å². The molecule has 176 valence electrons. The first-order valence-corrected chi connectivity index (χ1v) is 11.2. The van der Waals surface area contributed by atoms with Gasteiger partial charge in [0.25, 0.3) is 5.56 Å². The van der Waals surface area contributed by atoms with Crippen LogP contribution in [0, 0.1) is 11.3 Å². The minimum atomic E-state index is -0.464. The van der Waals surface area contributed by atoms with Crippen molar-refractivity contribution < 1.29 is 0 Å². The third kappa shape index (κ3) is 3.86. The lowest BCUT2D eigenvalue weighted by Crippen LogP contribution is -2.44. The van der Waals surface area contributed by atoms with E-state index in [2.05, 4.69) is 11.1 Å². The molecule has 0 aliphatic heterocycles. The second kappa shape index (κ2) is 8.47. The van der Waals surface area contributed by atoms with E-state index in [1.807, 2.05) is 61.6 Å². The third-order valence-electron chi connectivity index (χ3n) is 5.98. The molecule has 4 aromatic rings. The highest BCUT2D eigenvalue weighted by Gasteiger charge is 2.24. The molecule has 0 aliphatic carbocycles. The number of likely N-dealkylation sites (N-methyl/N-ethyl adjacent to an activating group) is 1. The summed E-state index contributed by atoms with van der Waals surface area (Å²) in [5.74, 6) is 0.588. The molecular formula is C25H29N7O2. The molecule has 0 bridgehead atoms. The molecule has 34 heavy (non-hydrogen) atoms. The Balaban J connectivity index is 1.93. The van der Waals surface area contributed by atoms with Crippen LogP contribution in [0.5, 0.6) is 0 Å². The zero-order valence-corrected chi connectivity index (χ0v) is 20.2. The van der Waals surface area contributed by atoms with Gasteiger partial charge < -0.3 is 15.2 Å². The van der Waals surface area contributed by atoms with Gasteiger partial charge in [0.2, 0.25) is 5.95 Å². The maximum atomic E-state index is 13.7. The van der Waals surface area contributed by atoms with Gasteiger partial charge in [-0.3, -0.25) is 13.9 Å². The number of aryl methyl sites for hydroxylation is 2. The number of rotatable bonds is 6. The number of hydrogen-bond donors (Lipinski definition) is 1. The maximum Gasteiger partial charge on any atom is 0.332 e. The van der Waals surface area contributed by atoms with Crippen LogP contribution in [0.25, 0.3) is 21.9 Å². The smallest absolute Gasteiger partial charge is 0.332 e. The van der Waals surface area contributed by atoms with Gasteiger partial charge in [0, 0.05) is 32.7 Å². The first-order chi connectivity index (χ1) is 16.1. The number of fused-ring (bicyclic) bond motifs is 2. The van der Waals surface area contributed by atoms with Crippen LogP contribution in [0.1, 0.15) is 31.9 Å². The summed E-state index contributed by atoms with van der Waals surface area (Å²) >= 11 is 0. The molecular weight excluding hydrogens is 430 g/mol. The van der Waals surface area contributed by atoms with Crippen LogP contribution >= 0.6 is 0 Å². The normalized spacial score (nSPS) is 11.8. The molecule has 2 aromatic heterocycles. The highest BCUT2D eigenvalue weighted by molar-refractivity contribution is 5.90. The Morgan fingerprint density at radius 3 is 2.41 bits per heavy atom. The molecule has 0 radical (unpaired) electrons. The van der Waals surface area contributed by atoms with E-state index in [0.29, 0.717) is 35.8 Å². The van der Waals surface area contributed by atoms with Crippen LogP contribution < -0.4 is 21.9 Å². The van der Waals surface area contributed by atoms with Gasteiger partial charge in [-0.25, -0.2) is 4.79 Å². The number of nitriles is 1. The van der Waals surface area contributed by atoms with Crippen LogP contribution in [0.2, 0.25) is 0 Å². The Kier molecular flexibility index (Phi) is 5.79. The standard InChI is InChI=1S/C25H29N7O2/c1-6-31-20-21(28-23(31)29(4)15-25(2,3)27)30(5)24(34)32(22(20)33)14-17-12-11-16(13-26)18-9-7-8-10-19(17)18/h7-12H,6,14-15,27H2,1-5H3. The van der Waals surface area contributed by atoms with Crippen molar-refractivity contribution in [2.75, 3.05) is 18.5 Å². The molecule has 2 N–H and O–H groups in total. The molecule has 0 saturated heterocycles. The minimum absolute atomic E-state index is 0.0869. The Morgan fingerprint density at radius 1 is 1.12 bits per heavy atom. The molecule has 9 nitrogen and oxygen atoms in total. The second-order valence-corrected chi connectivity index (χ2v) is 9.34. The Bertz CT molecular complexity index is 1560. The summed E-state index contributed by atoms with van der Waals surface area (Å²) in [4.78, 5) is 33.5. The van der Waals surface area contributed by atoms with Gasteiger partial charge >= 0.3 is 5.69 Å². The molecule has 0 amide bonds. The van der Waals surface area contributed by atoms with Gasteiger partial charge in [-0.05, 0) is 43.2 Å². The summed E-state index contributed by atoms with van der Waals surface area (Å²) in [6, 6.07) is 13.2. The van der Waals surface area contributed by atoms with E-state index in [1.165, 1.54) is 9.13 Å². The van der Waals surface area contributed by atoms with Gasteiger partial charge in [-0.15, -0.1) is 0 Å². The first-order valence-electron chi connectivity index (χ1n) is 11.2. The molecule has 0 unspecified atom stereocenters. The predicted molar refractivity (Wildman–Crippen MR) is 134 cm³/mol. The van der Waals surface area contributed by atoms with Gasteiger partial charge in [-0.2, -0.15) is 10.2 Å². The first kappa shape index (κ1) is 23.3. The molecule has 9 heteroatoms. The van der Waals surface area contributed by atoms with Crippen molar-refractivity contribution in [3.63, 3.8) is 0 Å². The van der Waals surface area contributed by atoms with E-state index in [0.717, 1.165) is 16.3 Å². The summed E-state index contributed by atoms with van der Waals surface area (Å²) in [5.41, 5.74) is 6.95. The molecule has 0 spiro atoms. The van der Waals surface area contributed by atoms with Gasteiger partial charge in [0.15, 0.2) is 11.2 Å². The molecule has 0 fully saturated rings. The number of aromatic nitrogens is 4. The summed E-state index contributed by atoms with van der Waals surface area (Å²) in [6.07, 6.45) is 0. The lowest BCUT2D eigenvalue weighted by Gasteiger charge is -2.27. The van der Waals surface area contributed by atoms with Crippen molar-refractivity contribution in [2.45, 2.75) is 39.4 Å². The molecule has 4 rings (SSSR count). The Morgan fingerprint density at radius 2 is 1.79 bits per heavy atom. The number of imidazole rings is 1. The van der Waals surface area contributed by atoms with E-state index in [4.69, 9.17) is 5.73 Å². The average molecular weight is 460 g/mol. The molecule has 0 aliphatic rings. The summed E-state index contributed by atoms with van der Waals surface area (Å²) in [6.45, 7) is 6.91. The monoisotopic (exact) mass is 459 g/mol. The molecule has 0 atom stereocenters. The van der Waals surface area contributed by atoms with Crippen molar-refractivity contribution >= 4 is 27.9 Å². The van der Waals surface area contributed by atoms with Crippen LogP contribution in [0.3, 0.4) is 0 Å². The van der Waals surface area contributed by atoms with E-state index < -0.39 is 16.8 Å². The zero-order valence-electron chi connectivity index (χ0n) is 20.2. The highest BCUT2D eigenvalue weighted by atomic mass is 16.2. The number of anilines is 1. The largest absolute Gasteiger partial charge is 0.343 e. The van der Waals surface area contributed by atoms with E-state index in [1.54, 1.807) is 19.2 Å². The van der Waals surface area contributed by atoms with Crippen molar-refractivity contribution in [1.29, 1.82) is 5.26 Å². The summed E-state index contributed by atoms with van der Waals surface area (Å²) in [5, 5.41) is 11.1. The fourth-order valence-electron chi connectivity index (χ4n) is 4.54. The van der Waals surface area contributed by atoms with Crippen molar-refractivity contribution in [3.05, 3.63) is 68.4 Å². The number of nitrogens with two attached hydrogens (primary N) is 1. The fourth-order valence-corrected chi connectivity index (χ4v) is 4.54. The van der Waals surface area contributed by atoms with E-state index in [-0.39, 0.29) is 6.54 Å². The molecule has 0 saturated carbocycles.